The lowest BCUT2D eigenvalue weighted by Crippen LogP contribution is -2.50. The molecule has 0 spiro atoms. The van der Waals surface area contributed by atoms with E-state index in [9.17, 15) is 14.0 Å². The minimum Gasteiger partial charge on any atom is -0.497 e. The van der Waals surface area contributed by atoms with Crippen LogP contribution in [0.15, 0.2) is 48.5 Å². The van der Waals surface area contributed by atoms with Gasteiger partial charge in [0.1, 0.15) is 11.6 Å². The topological polar surface area (TPSA) is 73.9 Å². The molecule has 8 heteroatoms. The second kappa shape index (κ2) is 9.18. The lowest BCUT2D eigenvalue weighted by molar-refractivity contribution is -0.121. The van der Waals surface area contributed by atoms with Gasteiger partial charge in [-0.25, -0.2) is 9.18 Å². The number of amides is 3. The summed E-state index contributed by atoms with van der Waals surface area (Å²) < 4.78 is 18.8. The molecule has 1 saturated heterocycles. The number of anilines is 2. The zero-order valence-corrected chi connectivity index (χ0v) is 15.7. The van der Waals surface area contributed by atoms with E-state index in [1.165, 1.54) is 18.2 Å². The number of piperazine rings is 1. The largest absolute Gasteiger partial charge is 0.497 e. The molecule has 0 bridgehead atoms. The van der Waals surface area contributed by atoms with Crippen LogP contribution >= 0.6 is 0 Å². The van der Waals surface area contributed by atoms with E-state index >= 15 is 0 Å². The fourth-order valence-corrected chi connectivity index (χ4v) is 3.06. The van der Waals surface area contributed by atoms with Crippen LogP contribution in [0.5, 0.6) is 5.75 Å². The van der Waals surface area contributed by atoms with Gasteiger partial charge in [0.2, 0.25) is 5.91 Å². The molecule has 28 heavy (non-hydrogen) atoms. The Balaban J connectivity index is 1.44. The van der Waals surface area contributed by atoms with Crippen molar-refractivity contribution in [3.63, 3.8) is 0 Å². The number of urea groups is 1. The molecule has 0 aromatic heterocycles. The standard InChI is InChI=1S/C20H23FN4O3/c1-28-16-6-4-5-15(13-16)25-11-9-24(10-12-25)14-19(26)23-20(27)22-18-8-3-2-7-17(18)21/h2-8,13H,9-12,14H2,1H3,(H2,22,23,26,27). The molecular formula is C20H23FN4O3. The lowest BCUT2D eigenvalue weighted by atomic mass is 10.2. The van der Waals surface area contributed by atoms with Crippen molar-refractivity contribution in [2.24, 2.45) is 0 Å². The van der Waals surface area contributed by atoms with Gasteiger partial charge < -0.3 is 15.0 Å². The number of nitrogens with zero attached hydrogens (tertiary/aromatic N) is 2. The van der Waals surface area contributed by atoms with E-state index < -0.39 is 17.8 Å². The quantitative estimate of drug-likeness (QED) is 0.825. The average Bonchev–Trinajstić information content (AvgIpc) is 2.70. The summed E-state index contributed by atoms with van der Waals surface area (Å²) in [6.07, 6.45) is 0. The highest BCUT2D eigenvalue weighted by atomic mass is 19.1. The van der Waals surface area contributed by atoms with E-state index in [-0.39, 0.29) is 12.2 Å². The number of carbonyl (C=O) groups excluding carboxylic acids is 2. The molecule has 2 N–H and O–H groups in total. The third-order valence-electron chi connectivity index (χ3n) is 4.53. The van der Waals surface area contributed by atoms with Crippen molar-refractivity contribution in [2.45, 2.75) is 0 Å². The first-order valence-corrected chi connectivity index (χ1v) is 9.02. The second-order valence-corrected chi connectivity index (χ2v) is 6.45. The number of para-hydroxylation sites is 1. The maximum absolute atomic E-state index is 13.5. The molecule has 0 saturated carbocycles. The summed E-state index contributed by atoms with van der Waals surface area (Å²) in [5.41, 5.74) is 1.10. The Morgan fingerprint density at radius 3 is 2.54 bits per heavy atom. The number of halogens is 1. The van der Waals surface area contributed by atoms with Crippen molar-refractivity contribution in [1.29, 1.82) is 0 Å². The van der Waals surface area contributed by atoms with Gasteiger partial charge in [0, 0.05) is 37.9 Å². The lowest BCUT2D eigenvalue weighted by Gasteiger charge is -2.35. The molecule has 1 heterocycles. The molecule has 3 rings (SSSR count). The number of hydrogen-bond donors (Lipinski definition) is 2. The monoisotopic (exact) mass is 386 g/mol. The minimum absolute atomic E-state index is 0.0275. The summed E-state index contributed by atoms with van der Waals surface area (Å²) in [6.45, 7) is 3.03. The van der Waals surface area contributed by atoms with Gasteiger partial charge in [0.15, 0.2) is 0 Å². The summed E-state index contributed by atoms with van der Waals surface area (Å²) in [5.74, 6) is -0.178. The van der Waals surface area contributed by atoms with Gasteiger partial charge in [-0.05, 0) is 24.3 Å². The number of rotatable bonds is 5. The molecule has 7 nitrogen and oxygen atoms in total. The average molecular weight is 386 g/mol. The molecular weight excluding hydrogens is 363 g/mol. The molecule has 1 fully saturated rings. The minimum atomic E-state index is -0.745. The number of ether oxygens (including phenoxy) is 1. The highest BCUT2D eigenvalue weighted by molar-refractivity contribution is 6.01. The van der Waals surface area contributed by atoms with Crippen LogP contribution < -0.4 is 20.3 Å². The third kappa shape index (κ3) is 5.20. The van der Waals surface area contributed by atoms with Crippen molar-refractivity contribution in [3.05, 3.63) is 54.3 Å². The zero-order chi connectivity index (χ0) is 19.9. The first-order valence-electron chi connectivity index (χ1n) is 9.02. The van der Waals surface area contributed by atoms with Crippen molar-refractivity contribution in [2.75, 3.05) is 50.1 Å². The Labute approximate surface area is 163 Å². The number of carbonyl (C=O) groups is 2. The van der Waals surface area contributed by atoms with E-state index in [1.807, 2.05) is 29.2 Å². The summed E-state index contributed by atoms with van der Waals surface area (Å²) in [5, 5.41) is 4.57. The Morgan fingerprint density at radius 1 is 1.07 bits per heavy atom. The number of benzene rings is 2. The van der Waals surface area contributed by atoms with E-state index in [1.54, 1.807) is 13.2 Å². The zero-order valence-electron chi connectivity index (χ0n) is 15.7. The predicted molar refractivity (Wildman–Crippen MR) is 105 cm³/mol. The van der Waals surface area contributed by atoms with Crippen LogP contribution in [-0.2, 0) is 4.79 Å². The number of methoxy groups -OCH3 is 1. The summed E-state index contributed by atoms with van der Waals surface area (Å²) in [6, 6.07) is 12.9. The molecule has 0 radical (unpaired) electrons. The van der Waals surface area contributed by atoms with E-state index in [4.69, 9.17) is 4.74 Å². The van der Waals surface area contributed by atoms with E-state index in [0.29, 0.717) is 13.1 Å². The number of nitrogens with one attached hydrogen (secondary N) is 2. The van der Waals surface area contributed by atoms with Gasteiger partial charge in [0.25, 0.3) is 0 Å². The molecule has 148 valence electrons. The fraction of sp³-hybridized carbons (Fsp3) is 0.300. The van der Waals surface area contributed by atoms with Crippen molar-refractivity contribution in [1.82, 2.24) is 10.2 Å². The first kappa shape index (κ1) is 19.6. The van der Waals surface area contributed by atoms with Gasteiger partial charge in [-0.2, -0.15) is 0 Å². The van der Waals surface area contributed by atoms with Gasteiger partial charge in [-0.15, -0.1) is 0 Å². The van der Waals surface area contributed by atoms with E-state index in [0.717, 1.165) is 24.5 Å². The summed E-state index contributed by atoms with van der Waals surface area (Å²) in [7, 11) is 1.64. The third-order valence-corrected chi connectivity index (χ3v) is 4.53. The fourth-order valence-electron chi connectivity index (χ4n) is 3.06. The van der Waals surface area contributed by atoms with Crippen LogP contribution in [0, 0.1) is 5.82 Å². The number of hydrogen-bond acceptors (Lipinski definition) is 5. The Bertz CT molecular complexity index is 838. The molecule has 1 aliphatic rings. The van der Waals surface area contributed by atoms with Gasteiger partial charge >= 0.3 is 6.03 Å². The highest BCUT2D eigenvalue weighted by Crippen LogP contribution is 2.22. The van der Waals surface area contributed by atoms with Gasteiger partial charge in [-0.3, -0.25) is 15.0 Å². The molecule has 0 aliphatic carbocycles. The van der Waals surface area contributed by atoms with Crippen LogP contribution in [0.4, 0.5) is 20.6 Å². The molecule has 3 amide bonds. The Hall–Kier alpha value is -3.13. The van der Waals surface area contributed by atoms with Crippen LogP contribution in [-0.4, -0.2) is 56.7 Å². The van der Waals surface area contributed by atoms with Crippen LogP contribution in [0.25, 0.3) is 0 Å². The maximum Gasteiger partial charge on any atom is 0.326 e. The molecule has 2 aromatic carbocycles. The second-order valence-electron chi connectivity index (χ2n) is 6.45. The van der Waals surface area contributed by atoms with Gasteiger partial charge in [-0.1, -0.05) is 18.2 Å². The molecule has 0 unspecified atom stereocenters. The predicted octanol–water partition coefficient (Wildman–Crippen LogP) is 2.30. The van der Waals surface area contributed by atoms with Gasteiger partial charge in [0.05, 0.1) is 19.3 Å². The normalized spacial score (nSPS) is 14.4. The Morgan fingerprint density at radius 2 is 1.82 bits per heavy atom. The smallest absolute Gasteiger partial charge is 0.326 e. The first-order chi connectivity index (χ1) is 13.5. The highest BCUT2D eigenvalue weighted by Gasteiger charge is 2.20. The van der Waals surface area contributed by atoms with Crippen molar-refractivity contribution < 1.29 is 18.7 Å². The van der Waals surface area contributed by atoms with Crippen LogP contribution in [0.1, 0.15) is 0 Å². The van der Waals surface area contributed by atoms with Crippen LogP contribution in [0.2, 0.25) is 0 Å². The maximum atomic E-state index is 13.5. The molecule has 0 atom stereocenters. The van der Waals surface area contributed by atoms with Crippen LogP contribution in [0.3, 0.4) is 0 Å². The number of imide groups is 1. The van der Waals surface area contributed by atoms with E-state index in [2.05, 4.69) is 15.5 Å². The Kier molecular flexibility index (Phi) is 6.44. The summed E-state index contributed by atoms with van der Waals surface area (Å²) >= 11 is 0. The molecule has 1 aliphatic heterocycles. The summed E-state index contributed by atoms with van der Waals surface area (Å²) in [4.78, 5) is 28.2. The SMILES string of the molecule is COc1cccc(N2CCN(CC(=O)NC(=O)Nc3ccccc3F)CC2)c1. The van der Waals surface area contributed by atoms with Crippen molar-refractivity contribution in [3.8, 4) is 5.75 Å². The van der Waals surface area contributed by atoms with Crippen molar-refractivity contribution >= 4 is 23.3 Å². The molecule has 2 aromatic rings.